The van der Waals surface area contributed by atoms with E-state index in [2.05, 4.69) is 5.32 Å². The standard InChI is InChI=1S/C11H19NO4/c1-7(6-16-2)10(13)12-9-5-3-4-8(9)11(14)15/h7-9H,3-6H2,1-2H3,(H,12,13)(H,14,15)/t7?,8-,9+/m0/s1. The van der Waals surface area contributed by atoms with Gasteiger partial charge in [-0.15, -0.1) is 0 Å². The summed E-state index contributed by atoms with van der Waals surface area (Å²) in [5.41, 5.74) is 0. The minimum Gasteiger partial charge on any atom is -0.481 e. The number of aliphatic carboxylic acids is 1. The number of amides is 1. The molecular weight excluding hydrogens is 210 g/mol. The van der Waals surface area contributed by atoms with Crippen LogP contribution in [0.2, 0.25) is 0 Å². The number of carbonyl (C=O) groups is 2. The lowest BCUT2D eigenvalue weighted by Crippen LogP contribution is -2.43. The van der Waals surface area contributed by atoms with Gasteiger partial charge in [-0.05, 0) is 12.8 Å². The molecule has 0 aliphatic heterocycles. The summed E-state index contributed by atoms with van der Waals surface area (Å²) in [5.74, 6) is -1.61. The van der Waals surface area contributed by atoms with Crippen LogP contribution >= 0.6 is 0 Å². The number of carbonyl (C=O) groups excluding carboxylic acids is 1. The Kier molecular flexibility index (Phi) is 4.73. The highest BCUT2D eigenvalue weighted by atomic mass is 16.5. The highest BCUT2D eigenvalue weighted by Crippen LogP contribution is 2.26. The highest BCUT2D eigenvalue weighted by Gasteiger charge is 2.34. The monoisotopic (exact) mass is 229 g/mol. The van der Waals surface area contributed by atoms with Crippen molar-refractivity contribution in [3.63, 3.8) is 0 Å². The van der Waals surface area contributed by atoms with Crippen LogP contribution in [0.4, 0.5) is 0 Å². The molecule has 0 saturated heterocycles. The average molecular weight is 229 g/mol. The predicted molar refractivity (Wildman–Crippen MR) is 57.9 cm³/mol. The van der Waals surface area contributed by atoms with Crippen molar-refractivity contribution in [1.29, 1.82) is 0 Å². The van der Waals surface area contributed by atoms with Crippen LogP contribution < -0.4 is 5.32 Å². The fraction of sp³-hybridized carbons (Fsp3) is 0.818. The third kappa shape index (κ3) is 3.20. The molecule has 92 valence electrons. The van der Waals surface area contributed by atoms with Crippen LogP contribution in [0.15, 0.2) is 0 Å². The minimum atomic E-state index is -0.817. The number of rotatable bonds is 5. The molecule has 5 heteroatoms. The SMILES string of the molecule is COCC(C)C(=O)N[C@@H]1CCC[C@@H]1C(=O)O. The topological polar surface area (TPSA) is 75.6 Å². The zero-order chi connectivity index (χ0) is 12.1. The van der Waals surface area contributed by atoms with Crippen molar-refractivity contribution < 1.29 is 19.4 Å². The third-order valence-electron chi connectivity index (χ3n) is 3.03. The van der Waals surface area contributed by atoms with E-state index < -0.39 is 11.9 Å². The van der Waals surface area contributed by atoms with Crippen molar-refractivity contribution in [3.8, 4) is 0 Å². The molecule has 1 amide bonds. The second-order valence-corrected chi connectivity index (χ2v) is 4.35. The first-order valence-electron chi connectivity index (χ1n) is 5.58. The Hall–Kier alpha value is -1.10. The smallest absolute Gasteiger partial charge is 0.308 e. The number of ether oxygens (including phenoxy) is 1. The summed E-state index contributed by atoms with van der Waals surface area (Å²) in [4.78, 5) is 22.6. The van der Waals surface area contributed by atoms with E-state index in [9.17, 15) is 9.59 Å². The van der Waals surface area contributed by atoms with E-state index in [1.54, 1.807) is 14.0 Å². The van der Waals surface area contributed by atoms with Gasteiger partial charge >= 0.3 is 5.97 Å². The number of carboxylic acid groups (broad SMARTS) is 1. The van der Waals surface area contributed by atoms with Gasteiger partial charge in [-0.1, -0.05) is 13.3 Å². The van der Waals surface area contributed by atoms with Crippen molar-refractivity contribution in [3.05, 3.63) is 0 Å². The van der Waals surface area contributed by atoms with Crippen LogP contribution in [-0.2, 0) is 14.3 Å². The van der Waals surface area contributed by atoms with Crippen molar-refractivity contribution in [2.24, 2.45) is 11.8 Å². The molecule has 0 spiro atoms. The van der Waals surface area contributed by atoms with Crippen molar-refractivity contribution in [2.75, 3.05) is 13.7 Å². The van der Waals surface area contributed by atoms with Crippen molar-refractivity contribution in [1.82, 2.24) is 5.32 Å². The second-order valence-electron chi connectivity index (χ2n) is 4.35. The Labute approximate surface area is 95.2 Å². The fourth-order valence-electron chi connectivity index (χ4n) is 2.08. The highest BCUT2D eigenvalue weighted by molar-refractivity contribution is 5.80. The van der Waals surface area contributed by atoms with Gasteiger partial charge in [-0.2, -0.15) is 0 Å². The molecule has 5 nitrogen and oxygen atoms in total. The first kappa shape index (κ1) is 13.0. The maximum absolute atomic E-state index is 11.7. The minimum absolute atomic E-state index is 0.125. The molecule has 2 N–H and O–H groups in total. The molecule has 0 aromatic carbocycles. The van der Waals surface area contributed by atoms with Crippen LogP contribution in [-0.4, -0.2) is 36.7 Å². The zero-order valence-corrected chi connectivity index (χ0v) is 9.73. The lowest BCUT2D eigenvalue weighted by atomic mass is 10.0. The molecule has 0 bridgehead atoms. The van der Waals surface area contributed by atoms with E-state index in [-0.39, 0.29) is 17.9 Å². The van der Waals surface area contributed by atoms with E-state index in [0.717, 1.165) is 12.8 Å². The molecule has 0 aromatic heterocycles. The maximum Gasteiger partial charge on any atom is 0.308 e. The summed E-state index contributed by atoms with van der Waals surface area (Å²) in [5, 5.41) is 11.8. The van der Waals surface area contributed by atoms with E-state index in [1.807, 2.05) is 0 Å². The first-order chi connectivity index (χ1) is 7.56. The van der Waals surface area contributed by atoms with Crippen molar-refractivity contribution in [2.45, 2.75) is 32.2 Å². The van der Waals surface area contributed by atoms with E-state index in [1.165, 1.54) is 0 Å². The lowest BCUT2D eigenvalue weighted by Gasteiger charge is -2.19. The van der Waals surface area contributed by atoms with E-state index in [0.29, 0.717) is 13.0 Å². The van der Waals surface area contributed by atoms with Gasteiger partial charge in [0.15, 0.2) is 0 Å². The van der Waals surface area contributed by atoms with Crippen LogP contribution in [0.1, 0.15) is 26.2 Å². The molecular formula is C11H19NO4. The lowest BCUT2D eigenvalue weighted by molar-refractivity contribution is -0.142. The number of hydrogen-bond donors (Lipinski definition) is 2. The Balaban J connectivity index is 2.47. The van der Waals surface area contributed by atoms with Gasteiger partial charge in [-0.25, -0.2) is 0 Å². The molecule has 0 aromatic rings. The largest absolute Gasteiger partial charge is 0.481 e. The zero-order valence-electron chi connectivity index (χ0n) is 9.73. The first-order valence-corrected chi connectivity index (χ1v) is 5.58. The van der Waals surface area contributed by atoms with Gasteiger partial charge < -0.3 is 15.2 Å². The Bertz CT molecular complexity index is 267. The fourth-order valence-corrected chi connectivity index (χ4v) is 2.08. The summed E-state index contributed by atoms with van der Waals surface area (Å²) in [7, 11) is 1.54. The van der Waals surface area contributed by atoms with E-state index in [4.69, 9.17) is 9.84 Å². The number of hydrogen-bond acceptors (Lipinski definition) is 3. The van der Waals surface area contributed by atoms with Crippen LogP contribution in [0, 0.1) is 11.8 Å². The van der Waals surface area contributed by atoms with Gasteiger partial charge in [0.2, 0.25) is 5.91 Å². The Morgan fingerprint density at radius 3 is 2.75 bits per heavy atom. The molecule has 1 saturated carbocycles. The summed E-state index contributed by atoms with van der Waals surface area (Å²) in [6.07, 6.45) is 2.27. The maximum atomic E-state index is 11.7. The molecule has 1 unspecified atom stereocenters. The number of methoxy groups -OCH3 is 1. The summed E-state index contributed by atoms with van der Waals surface area (Å²) >= 11 is 0. The Morgan fingerprint density at radius 1 is 1.50 bits per heavy atom. The van der Waals surface area contributed by atoms with Crippen LogP contribution in [0.3, 0.4) is 0 Å². The van der Waals surface area contributed by atoms with Gasteiger partial charge in [-0.3, -0.25) is 9.59 Å². The molecule has 0 heterocycles. The Morgan fingerprint density at radius 2 is 2.19 bits per heavy atom. The number of carboxylic acids is 1. The van der Waals surface area contributed by atoms with Gasteiger partial charge in [0.25, 0.3) is 0 Å². The van der Waals surface area contributed by atoms with Gasteiger partial charge in [0.1, 0.15) is 0 Å². The molecule has 1 rings (SSSR count). The van der Waals surface area contributed by atoms with Crippen molar-refractivity contribution >= 4 is 11.9 Å². The molecule has 1 aliphatic carbocycles. The molecule has 16 heavy (non-hydrogen) atoms. The third-order valence-corrected chi connectivity index (χ3v) is 3.03. The molecule has 3 atom stereocenters. The summed E-state index contributed by atoms with van der Waals surface area (Å²) in [6.45, 7) is 2.12. The molecule has 1 fully saturated rings. The quantitative estimate of drug-likeness (QED) is 0.725. The average Bonchev–Trinajstić information content (AvgIpc) is 2.66. The predicted octanol–water partition coefficient (Wildman–Crippen LogP) is 0.638. The summed E-state index contributed by atoms with van der Waals surface area (Å²) in [6, 6.07) is -0.218. The van der Waals surface area contributed by atoms with E-state index >= 15 is 0 Å². The molecule has 0 radical (unpaired) electrons. The van der Waals surface area contributed by atoms with Gasteiger partial charge in [0, 0.05) is 13.2 Å². The molecule has 1 aliphatic rings. The van der Waals surface area contributed by atoms with Crippen LogP contribution in [0.25, 0.3) is 0 Å². The van der Waals surface area contributed by atoms with Gasteiger partial charge in [0.05, 0.1) is 18.4 Å². The second kappa shape index (κ2) is 5.84. The number of nitrogens with one attached hydrogen (secondary N) is 1. The summed E-state index contributed by atoms with van der Waals surface area (Å²) < 4.78 is 4.89. The van der Waals surface area contributed by atoms with Crippen LogP contribution in [0.5, 0.6) is 0 Å². The normalized spacial score (nSPS) is 26.4.